The first-order valence-electron chi connectivity index (χ1n) is 10.6. The molecule has 8 heteroatoms. The number of para-hydroxylation sites is 1. The highest BCUT2D eigenvalue weighted by atomic mass is 16.7. The molecule has 3 heterocycles. The van der Waals surface area contributed by atoms with Gasteiger partial charge in [-0.05, 0) is 44.0 Å². The minimum absolute atomic E-state index is 0.177. The molecule has 3 aromatic rings. The van der Waals surface area contributed by atoms with Crippen LogP contribution in [0.15, 0.2) is 42.5 Å². The van der Waals surface area contributed by atoms with E-state index in [4.69, 9.17) is 25.2 Å². The van der Waals surface area contributed by atoms with Gasteiger partial charge in [-0.3, -0.25) is 4.79 Å². The van der Waals surface area contributed by atoms with Gasteiger partial charge in [0.1, 0.15) is 5.82 Å². The van der Waals surface area contributed by atoms with Crippen LogP contribution in [0.4, 0.5) is 17.5 Å². The van der Waals surface area contributed by atoms with Gasteiger partial charge in [0.05, 0.1) is 11.4 Å². The van der Waals surface area contributed by atoms with E-state index in [-0.39, 0.29) is 18.6 Å². The maximum absolute atomic E-state index is 11.8. The third-order valence-corrected chi connectivity index (χ3v) is 5.92. The summed E-state index contributed by atoms with van der Waals surface area (Å²) in [6.45, 7) is 4.39. The normalized spacial score (nSPS) is 17.7. The Morgan fingerprint density at radius 3 is 2.87 bits per heavy atom. The molecule has 2 aliphatic rings. The van der Waals surface area contributed by atoms with Crippen molar-refractivity contribution in [3.05, 3.63) is 42.5 Å². The lowest BCUT2D eigenvalue weighted by molar-refractivity contribution is -0.122. The van der Waals surface area contributed by atoms with Gasteiger partial charge < -0.3 is 25.0 Å². The number of carbonyl (C=O) groups excluding carboxylic acids is 1. The number of primary amides is 1. The summed E-state index contributed by atoms with van der Waals surface area (Å²) in [6.07, 6.45) is 1.70. The Morgan fingerprint density at radius 1 is 1.19 bits per heavy atom. The van der Waals surface area contributed by atoms with Gasteiger partial charge in [0.2, 0.25) is 18.6 Å². The number of nitrogens with two attached hydrogens (primary N) is 1. The van der Waals surface area contributed by atoms with E-state index in [9.17, 15) is 4.79 Å². The second-order valence-electron chi connectivity index (χ2n) is 7.83. The van der Waals surface area contributed by atoms with E-state index in [1.165, 1.54) is 0 Å². The van der Waals surface area contributed by atoms with Crippen molar-refractivity contribution < 1.29 is 14.3 Å². The summed E-state index contributed by atoms with van der Waals surface area (Å²) in [5, 5.41) is 0.967. The number of aromatic nitrogens is 2. The number of hydrogen-bond donors (Lipinski definition) is 1. The lowest BCUT2D eigenvalue weighted by atomic mass is 9.98. The molecule has 1 unspecified atom stereocenters. The minimum atomic E-state index is -0.263. The van der Waals surface area contributed by atoms with Crippen LogP contribution < -0.4 is 25.0 Å². The predicted molar refractivity (Wildman–Crippen MR) is 119 cm³/mol. The summed E-state index contributed by atoms with van der Waals surface area (Å²) in [5.41, 5.74) is 7.41. The molecule has 0 saturated carbocycles. The largest absolute Gasteiger partial charge is 0.454 e. The lowest BCUT2D eigenvalue weighted by Gasteiger charge is -2.32. The molecule has 0 spiro atoms. The summed E-state index contributed by atoms with van der Waals surface area (Å²) in [6, 6.07) is 13.9. The Bertz CT molecular complexity index is 1140. The number of hydrogen-bond acceptors (Lipinski definition) is 7. The fourth-order valence-corrected chi connectivity index (χ4v) is 4.29. The Balaban J connectivity index is 1.59. The Morgan fingerprint density at radius 2 is 2.03 bits per heavy atom. The number of amides is 1. The monoisotopic (exact) mass is 419 g/mol. The van der Waals surface area contributed by atoms with Crippen molar-refractivity contribution >= 4 is 34.3 Å². The number of piperidine rings is 1. The molecular formula is C23H25N5O3. The summed E-state index contributed by atoms with van der Waals surface area (Å²) in [4.78, 5) is 25.8. The summed E-state index contributed by atoms with van der Waals surface area (Å²) >= 11 is 0. The van der Waals surface area contributed by atoms with Gasteiger partial charge in [0.25, 0.3) is 0 Å². The fraction of sp³-hybridized carbons (Fsp3) is 0.348. The summed E-state index contributed by atoms with van der Waals surface area (Å²) in [5.74, 6) is 2.49. The van der Waals surface area contributed by atoms with Crippen LogP contribution in [-0.2, 0) is 4.79 Å². The smallest absolute Gasteiger partial charge is 0.231 e. The third-order valence-electron chi connectivity index (χ3n) is 5.92. The number of ether oxygens (including phenoxy) is 2. The van der Waals surface area contributed by atoms with E-state index >= 15 is 0 Å². The molecular weight excluding hydrogens is 394 g/mol. The van der Waals surface area contributed by atoms with Crippen LogP contribution in [0.2, 0.25) is 0 Å². The van der Waals surface area contributed by atoms with Gasteiger partial charge in [-0.1, -0.05) is 12.1 Å². The zero-order chi connectivity index (χ0) is 21.4. The van der Waals surface area contributed by atoms with Crippen molar-refractivity contribution in [2.24, 2.45) is 11.7 Å². The lowest BCUT2D eigenvalue weighted by Crippen LogP contribution is -2.42. The van der Waals surface area contributed by atoms with E-state index in [0.717, 1.165) is 53.3 Å². The molecule has 1 atom stereocenters. The maximum atomic E-state index is 11.8. The number of fused-ring (bicyclic) bond motifs is 2. The molecule has 5 rings (SSSR count). The van der Waals surface area contributed by atoms with E-state index in [1.54, 1.807) is 0 Å². The SMILES string of the molecule is CCN(c1ccc2c(c1)OCO2)c1nc(N2CCCC(C(N)=O)C2)nc2ccccc12. The van der Waals surface area contributed by atoms with Crippen LogP contribution in [0.5, 0.6) is 11.5 Å². The molecule has 1 saturated heterocycles. The van der Waals surface area contributed by atoms with Gasteiger partial charge in [-0.15, -0.1) is 0 Å². The van der Waals surface area contributed by atoms with Crippen LogP contribution in [0.1, 0.15) is 19.8 Å². The van der Waals surface area contributed by atoms with E-state index in [2.05, 4.69) is 16.7 Å². The highest BCUT2D eigenvalue weighted by molar-refractivity contribution is 5.92. The van der Waals surface area contributed by atoms with Gasteiger partial charge in [-0.2, -0.15) is 4.98 Å². The van der Waals surface area contributed by atoms with Crippen LogP contribution in [-0.4, -0.2) is 42.3 Å². The van der Waals surface area contributed by atoms with Gasteiger partial charge >= 0.3 is 0 Å². The van der Waals surface area contributed by atoms with Crippen molar-refractivity contribution in [2.45, 2.75) is 19.8 Å². The fourth-order valence-electron chi connectivity index (χ4n) is 4.29. The molecule has 1 fully saturated rings. The van der Waals surface area contributed by atoms with E-state index in [0.29, 0.717) is 19.0 Å². The van der Waals surface area contributed by atoms with Crippen molar-refractivity contribution in [1.29, 1.82) is 0 Å². The average molecular weight is 419 g/mol. The second-order valence-corrected chi connectivity index (χ2v) is 7.83. The number of benzene rings is 2. The van der Waals surface area contributed by atoms with Gasteiger partial charge in [0, 0.05) is 36.8 Å². The molecule has 1 aromatic heterocycles. The van der Waals surface area contributed by atoms with Crippen molar-refractivity contribution in [2.75, 3.05) is 36.2 Å². The number of anilines is 3. The highest BCUT2D eigenvalue weighted by Crippen LogP contribution is 2.39. The van der Waals surface area contributed by atoms with E-state index in [1.807, 2.05) is 42.5 Å². The molecule has 2 aromatic carbocycles. The zero-order valence-electron chi connectivity index (χ0n) is 17.5. The molecule has 31 heavy (non-hydrogen) atoms. The summed E-state index contributed by atoms with van der Waals surface area (Å²) in [7, 11) is 0. The maximum Gasteiger partial charge on any atom is 0.231 e. The quantitative estimate of drug-likeness (QED) is 0.679. The second kappa shape index (κ2) is 7.94. The Kier molecular flexibility index (Phi) is 4.97. The predicted octanol–water partition coefficient (Wildman–Crippen LogP) is 3.22. The molecule has 0 aliphatic carbocycles. The molecule has 160 valence electrons. The zero-order valence-corrected chi connectivity index (χ0v) is 17.5. The molecule has 0 bridgehead atoms. The Hall–Kier alpha value is -3.55. The molecule has 8 nitrogen and oxygen atoms in total. The van der Waals surface area contributed by atoms with E-state index < -0.39 is 0 Å². The standard InChI is InChI=1S/C23H25N5O3/c1-2-28(16-9-10-19-20(12-16)31-14-30-19)22-17-7-3-4-8-18(17)25-23(26-22)27-11-5-6-15(13-27)21(24)29/h3-4,7-10,12,15H,2,5-6,11,13-14H2,1H3,(H2,24,29). The number of nitrogens with zero attached hydrogens (tertiary/aromatic N) is 4. The summed E-state index contributed by atoms with van der Waals surface area (Å²) < 4.78 is 11.0. The minimum Gasteiger partial charge on any atom is -0.454 e. The van der Waals surface area contributed by atoms with Crippen molar-refractivity contribution in [1.82, 2.24) is 9.97 Å². The highest BCUT2D eigenvalue weighted by Gasteiger charge is 2.27. The molecule has 1 amide bonds. The Labute approximate surface area is 180 Å². The van der Waals surface area contributed by atoms with Crippen LogP contribution in [0.3, 0.4) is 0 Å². The van der Waals surface area contributed by atoms with Crippen molar-refractivity contribution in [3.8, 4) is 11.5 Å². The topological polar surface area (TPSA) is 93.8 Å². The number of rotatable bonds is 5. The third kappa shape index (κ3) is 3.58. The van der Waals surface area contributed by atoms with Gasteiger partial charge in [-0.25, -0.2) is 4.98 Å². The first-order chi connectivity index (χ1) is 15.1. The first kappa shape index (κ1) is 19.4. The number of carbonyl (C=O) groups is 1. The van der Waals surface area contributed by atoms with Crippen LogP contribution in [0.25, 0.3) is 10.9 Å². The van der Waals surface area contributed by atoms with Crippen LogP contribution >= 0.6 is 0 Å². The van der Waals surface area contributed by atoms with Crippen LogP contribution in [0, 0.1) is 5.92 Å². The molecule has 2 aliphatic heterocycles. The average Bonchev–Trinajstić information content (AvgIpc) is 3.27. The molecule has 0 radical (unpaired) electrons. The molecule has 2 N–H and O–H groups in total. The first-order valence-corrected chi connectivity index (χ1v) is 10.6. The van der Waals surface area contributed by atoms with Gasteiger partial charge in [0.15, 0.2) is 11.5 Å². The van der Waals surface area contributed by atoms with Crippen molar-refractivity contribution in [3.63, 3.8) is 0 Å².